The summed E-state index contributed by atoms with van der Waals surface area (Å²) in [5, 5.41) is 11.5. The van der Waals surface area contributed by atoms with Crippen LogP contribution in [0.5, 0.6) is 5.75 Å². The Morgan fingerprint density at radius 2 is 1.78 bits per heavy atom. The van der Waals surface area contributed by atoms with Gasteiger partial charge in [0, 0.05) is 38.4 Å². The molecule has 3 rings (SSSR count). The highest BCUT2D eigenvalue weighted by atomic mass is 16.5. The van der Waals surface area contributed by atoms with E-state index >= 15 is 0 Å². The van der Waals surface area contributed by atoms with Gasteiger partial charge in [0.2, 0.25) is 5.95 Å². The van der Waals surface area contributed by atoms with E-state index < -0.39 is 0 Å². The predicted molar refractivity (Wildman–Crippen MR) is 109 cm³/mol. The summed E-state index contributed by atoms with van der Waals surface area (Å²) in [6.45, 7) is 5.58. The summed E-state index contributed by atoms with van der Waals surface area (Å²) in [4.78, 5) is 11.4. The Morgan fingerprint density at radius 3 is 2.44 bits per heavy atom. The molecule has 1 aliphatic heterocycles. The molecule has 1 saturated heterocycles. The van der Waals surface area contributed by atoms with Crippen LogP contribution in [0.4, 0.5) is 17.5 Å². The molecule has 0 aliphatic carbocycles. The summed E-state index contributed by atoms with van der Waals surface area (Å²) in [7, 11) is 5.84. The number of piperazine rings is 1. The number of nitrogens with zero attached hydrogens (tertiary/aromatic N) is 6. The second-order valence-corrected chi connectivity index (χ2v) is 6.89. The van der Waals surface area contributed by atoms with Gasteiger partial charge in [-0.15, -0.1) is 5.10 Å². The lowest BCUT2D eigenvalue weighted by molar-refractivity contribution is 0.405. The first-order chi connectivity index (χ1) is 13.2. The Kier molecular flexibility index (Phi) is 6.64. The van der Waals surface area contributed by atoms with Crippen LogP contribution in [0.25, 0.3) is 0 Å². The SMILES string of the molecule is COc1ccc(N2CCN(c3cnnc(NCCCN(C)C)n3)CC2)cc1. The monoisotopic (exact) mass is 371 g/mol. The van der Waals surface area contributed by atoms with Crippen molar-refractivity contribution in [2.24, 2.45) is 0 Å². The highest BCUT2D eigenvalue weighted by molar-refractivity contribution is 5.51. The number of hydrogen-bond donors (Lipinski definition) is 1. The Morgan fingerprint density at radius 1 is 1.07 bits per heavy atom. The van der Waals surface area contributed by atoms with E-state index in [0.717, 1.165) is 57.3 Å². The molecule has 1 fully saturated rings. The van der Waals surface area contributed by atoms with Gasteiger partial charge in [0.05, 0.1) is 13.3 Å². The molecule has 1 N–H and O–H groups in total. The minimum atomic E-state index is 0.601. The lowest BCUT2D eigenvalue weighted by Gasteiger charge is -2.36. The molecule has 0 saturated carbocycles. The highest BCUT2D eigenvalue weighted by Crippen LogP contribution is 2.22. The molecule has 8 nitrogen and oxygen atoms in total. The van der Waals surface area contributed by atoms with Crippen LogP contribution in [0.3, 0.4) is 0 Å². The number of methoxy groups -OCH3 is 1. The van der Waals surface area contributed by atoms with Crippen LogP contribution < -0.4 is 19.9 Å². The topological polar surface area (TPSA) is 69.7 Å². The lowest BCUT2D eigenvalue weighted by Crippen LogP contribution is -2.46. The summed E-state index contributed by atoms with van der Waals surface area (Å²) < 4.78 is 5.23. The molecule has 2 aromatic rings. The van der Waals surface area contributed by atoms with Crippen LogP contribution in [0.2, 0.25) is 0 Å². The first kappa shape index (κ1) is 19.2. The normalized spacial score (nSPS) is 14.5. The van der Waals surface area contributed by atoms with Crippen LogP contribution in [0.15, 0.2) is 30.5 Å². The first-order valence-corrected chi connectivity index (χ1v) is 9.38. The standard InChI is InChI=1S/C19H29N7O/c1-24(2)10-4-9-20-19-22-18(15-21-23-19)26-13-11-25(12-14-26)16-5-7-17(27-3)8-6-16/h5-8,15H,4,9-14H2,1-3H3,(H,20,22,23). The van der Waals surface area contributed by atoms with Crippen molar-refractivity contribution >= 4 is 17.5 Å². The Balaban J connectivity index is 1.52. The molecular weight excluding hydrogens is 342 g/mol. The summed E-state index contributed by atoms with van der Waals surface area (Å²) in [6, 6.07) is 8.22. The number of aromatic nitrogens is 3. The zero-order valence-corrected chi connectivity index (χ0v) is 16.4. The third-order valence-electron chi connectivity index (χ3n) is 4.65. The maximum Gasteiger partial charge on any atom is 0.244 e. The smallest absolute Gasteiger partial charge is 0.244 e. The van der Waals surface area contributed by atoms with E-state index in [2.05, 4.69) is 61.4 Å². The van der Waals surface area contributed by atoms with E-state index in [9.17, 15) is 0 Å². The van der Waals surface area contributed by atoms with Gasteiger partial charge in [0.25, 0.3) is 0 Å². The van der Waals surface area contributed by atoms with E-state index in [1.54, 1.807) is 13.3 Å². The Hall–Kier alpha value is -2.61. The third-order valence-corrected chi connectivity index (χ3v) is 4.65. The highest BCUT2D eigenvalue weighted by Gasteiger charge is 2.19. The Bertz CT molecular complexity index is 699. The number of hydrogen-bond acceptors (Lipinski definition) is 8. The summed E-state index contributed by atoms with van der Waals surface area (Å²) >= 11 is 0. The molecule has 0 amide bonds. The van der Waals surface area contributed by atoms with Crippen molar-refractivity contribution in [3.05, 3.63) is 30.5 Å². The summed E-state index contributed by atoms with van der Waals surface area (Å²) in [5.41, 5.74) is 1.22. The van der Waals surface area contributed by atoms with Crippen LogP contribution >= 0.6 is 0 Å². The number of nitrogens with one attached hydrogen (secondary N) is 1. The molecule has 27 heavy (non-hydrogen) atoms. The first-order valence-electron chi connectivity index (χ1n) is 9.38. The maximum absolute atomic E-state index is 5.23. The summed E-state index contributed by atoms with van der Waals surface area (Å²) in [6.07, 6.45) is 2.79. The molecule has 146 valence electrons. The van der Waals surface area contributed by atoms with Gasteiger partial charge in [0.15, 0.2) is 5.82 Å². The van der Waals surface area contributed by atoms with Gasteiger partial charge in [-0.25, -0.2) is 0 Å². The average Bonchev–Trinajstić information content (AvgIpc) is 2.71. The quantitative estimate of drug-likeness (QED) is 0.702. The fraction of sp³-hybridized carbons (Fsp3) is 0.526. The van der Waals surface area contributed by atoms with Gasteiger partial charge in [-0.2, -0.15) is 10.1 Å². The number of benzene rings is 1. The van der Waals surface area contributed by atoms with Crippen molar-refractivity contribution in [1.82, 2.24) is 20.1 Å². The lowest BCUT2D eigenvalue weighted by atomic mass is 10.2. The molecule has 0 unspecified atom stereocenters. The molecule has 0 radical (unpaired) electrons. The molecule has 2 heterocycles. The van der Waals surface area contributed by atoms with E-state index in [-0.39, 0.29) is 0 Å². The second kappa shape index (κ2) is 9.36. The maximum atomic E-state index is 5.23. The predicted octanol–water partition coefficient (Wildman–Crippen LogP) is 1.57. The molecule has 0 bridgehead atoms. The fourth-order valence-electron chi connectivity index (χ4n) is 3.10. The Labute approximate surface area is 161 Å². The third kappa shape index (κ3) is 5.43. The van der Waals surface area contributed by atoms with Crippen LogP contribution in [0.1, 0.15) is 6.42 Å². The number of ether oxygens (including phenoxy) is 1. The van der Waals surface area contributed by atoms with Crippen molar-refractivity contribution in [3.63, 3.8) is 0 Å². The van der Waals surface area contributed by atoms with Crippen molar-refractivity contribution in [2.75, 3.05) is 75.6 Å². The van der Waals surface area contributed by atoms with Gasteiger partial charge in [-0.1, -0.05) is 0 Å². The van der Waals surface area contributed by atoms with E-state index in [0.29, 0.717) is 5.95 Å². The van der Waals surface area contributed by atoms with Gasteiger partial charge in [0.1, 0.15) is 5.75 Å². The largest absolute Gasteiger partial charge is 0.497 e. The molecule has 0 atom stereocenters. The van der Waals surface area contributed by atoms with Crippen molar-refractivity contribution in [1.29, 1.82) is 0 Å². The van der Waals surface area contributed by atoms with Gasteiger partial charge < -0.3 is 24.8 Å². The van der Waals surface area contributed by atoms with Gasteiger partial charge >= 0.3 is 0 Å². The molecule has 1 aromatic carbocycles. The van der Waals surface area contributed by atoms with Gasteiger partial charge in [-0.3, -0.25) is 0 Å². The van der Waals surface area contributed by atoms with Crippen molar-refractivity contribution in [2.45, 2.75) is 6.42 Å². The minimum Gasteiger partial charge on any atom is -0.497 e. The van der Waals surface area contributed by atoms with Crippen LogP contribution in [-0.2, 0) is 0 Å². The van der Waals surface area contributed by atoms with Crippen LogP contribution in [0, 0.1) is 0 Å². The van der Waals surface area contributed by atoms with Crippen molar-refractivity contribution < 1.29 is 4.74 Å². The number of rotatable bonds is 8. The van der Waals surface area contributed by atoms with E-state index in [4.69, 9.17) is 4.74 Å². The summed E-state index contributed by atoms with van der Waals surface area (Å²) in [5.74, 6) is 2.37. The van der Waals surface area contributed by atoms with E-state index in [1.165, 1.54) is 5.69 Å². The average molecular weight is 371 g/mol. The van der Waals surface area contributed by atoms with Gasteiger partial charge in [-0.05, 0) is 51.3 Å². The molecular formula is C19H29N7O. The zero-order chi connectivity index (χ0) is 19.1. The molecule has 1 aromatic heterocycles. The minimum absolute atomic E-state index is 0.601. The van der Waals surface area contributed by atoms with Crippen LogP contribution in [-0.4, -0.2) is 80.6 Å². The van der Waals surface area contributed by atoms with Crippen molar-refractivity contribution in [3.8, 4) is 5.75 Å². The van der Waals surface area contributed by atoms with E-state index in [1.807, 2.05) is 12.1 Å². The second-order valence-electron chi connectivity index (χ2n) is 6.89. The fourth-order valence-corrected chi connectivity index (χ4v) is 3.10. The molecule has 0 spiro atoms. The molecule has 8 heteroatoms. The number of anilines is 3. The molecule has 1 aliphatic rings. The zero-order valence-electron chi connectivity index (χ0n) is 16.4.